The van der Waals surface area contributed by atoms with Crippen molar-refractivity contribution in [2.45, 2.75) is 18.9 Å². The quantitative estimate of drug-likeness (QED) is 0.565. The van der Waals surface area contributed by atoms with E-state index >= 15 is 0 Å². The summed E-state index contributed by atoms with van der Waals surface area (Å²) in [5.41, 5.74) is 0. The van der Waals surface area contributed by atoms with Gasteiger partial charge >= 0.3 is 7.27 Å². The molecule has 0 bridgehead atoms. The standard InChI is InChI=1S/C8H15BF2N2/c10-9(11)7-12-4-5-13-3-1-2-8(13)6-12/h8H,1-7H2/p+1/t8-/m1/s1. The minimum Gasteiger partial charge on any atom is -0.334 e. The largest absolute Gasteiger partial charge is 0.592 e. The van der Waals surface area contributed by atoms with Gasteiger partial charge in [-0.05, 0) is 19.4 Å². The maximum absolute atomic E-state index is 12.1. The SMILES string of the molecule is FB(F)C[NH+]1CCN2CCC[C@@H]2C1. The van der Waals surface area contributed by atoms with E-state index < -0.39 is 7.27 Å². The number of hydrogen-bond donors (Lipinski definition) is 1. The Morgan fingerprint density at radius 2 is 2.23 bits per heavy atom. The van der Waals surface area contributed by atoms with E-state index in [1.807, 2.05) is 0 Å². The molecule has 2 aliphatic heterocycles. The molecular weight excluding hydrogens is 173 g/mol. The van der Waals surface area contributed by atoms with Crippen LogP contribution in [0.3, 0.4) is 0 Å². The molecule has 1 N–H and O–H groups in total. The van der Waals surface area contributed by atoms with Crippen molar-refractivity contribution >= 4 is 7.27 Å². The van der Waals surface area contributed by atoms with E-state index in [1.54, 1.807) is 0 Å². The number of quaternary nitrogens is 1. The van der Waals surface area contributed by atoms with Crippen molar-refractivity contribution in [3.63, 3.8) is 0 Å². The first-order valence-electron chi connectivity index (χ1n) is 5.11. The van der Waals surface area contributed by atoms with E-state index in [-0.39, 0.29) is 6.44 Å². The topological polar surface area (TPSA) is 7.68 Å². The summed E-state index contributed by atoms with van der Waals surface area (Å²) in [6.07, 6.45) is 2.52. The first-order valence-corrected chi connectivity index (χ1v) is 5.11. The molecule has 2 atom stereocenters. The second kappa shape index (κ2) is 3.92. The van der Waals surface area contributed by atoms with Crippen LogP contribution in [0.2, 0.25) is 0 Å². The van der Waals surface area contributed by atoms with E-state index in [0.29, 0.717) is 6.04 Å². The van der Waals surface area contributed by atoms with Crippen LogP contribution in [-0.2, 0) is 0 Å². The molecular formula is C8H16BF2N2+. The first kappa shape index (κ1) is 9.40. The molecule has 2 saturated heterocycles. The molecule has 0 aromatic rings. The molecule has 1 unspecified atom stereocenters. The number of rotatable bonds is 2. The normalized spacial score (nSPS) is 34.6. The average Bonchev–Trinajstić information content (AvgIpc) is 2.49. The summed E-state index contributed by atoms with van der Waals surface area (Å²) in [5, 5.41) is 0. The molecule has 74 valence electrons. The van der Waals surface area contributed by atoms with Crippen LogP contribution in [-0.4, -0.2) is 50.8 Å². The molecule has 2 heterocycles. The molecule has 13 heavy (non-hydrogen) atoms. The van der Waals surface area contributed by atoms with Gasteiger partial charge in [0.15, 0.2) is 0 Å². The molecule has 2 nitrogen and oxygen atoms in total. The van der Waals surface area contributed by atoms with Gasteiger partial charge in [0.2, 0.25) is 0 Å². The lowest BCUT2D eigenvalue weighted by molar-refractivity contribution is -0.898. The maximum atomic E-state index is 12.1. The second-order valence-electron chi connectivity index (χ2n) is 4.13. The number of nitrogens with zero attached hydrogens (tertiary/aromatic N) is 1. The molecule has 0 aliphatic carbocycles. The zero-order chi connectivity index (χ0) is 9.26. The molecule has 2 aliphatic rings. The van der Waals surface area contributed by atoms with Gasteiger partial charge in [0, 0.05) is 6.54 Å². The molecule has 0 aromatic carbocycles. The fraction of sp³-hybridized carbons (Fsp3) is 1.00. The lowest BCUT2D eigenvalue weighted by atomic mass is 9.97. The highest BCUT2D eigenvalue weighted by molar-refractivity contribution is 6.42. The van der Waals surface area contributed by atoms with Gasteiger partial charge < -0.3 is 4.90 Å². The number of nitrogens with one attached hydrogen (secondary N) is 1. The van der Waals surface area contributed by atoms with Crippen LogP contribution in [0.5, 0.6) is 0 Å². The van der Waals surface area contributed by atoms with Crippen molar-refractivity contribution in [1.82, 2.24) is 4.90 Å². The van der Waals surface area contributed by atoms with E-state index in [4.69, 9.17) is 0 Å². The summed E-state index contributed by atoms with van der Waals surface area (Å²) in [4.78, 5) is 3.55. The van der Waals surface area contributed by atoms with Crippen LogP contribution in [0.1, 0.15) is 12.8 Å². The van der Waals surface area contributed by atoms with E-state index in [1.165, 1.54) is 19.4 Å². The number of piperazine rings is 1. The second-order valence-corrected chi connectivity index (χ2v) is 4.13. The highest BCUT2D eigenvalue weighted by Crippen LogP contribution is 2.16. The van der Waals surface area contributed by atoms with Gasteiger partial charge in [-0.2, -0.15) is 0 Å². The highest BCUT2D eigenvalue weighted by atomic mass is 19.2. The summed E-state index contributed by atoms with van der Waals surface area (Å²) in [6, 6.07) is 0.600. The average molecular weight is 189 g/mol. The Bertz CT molecular complexity index is 180. The van der Waals surface area contributed by atoms with Gasteiger partial charge in [0.05, 0.1) is 19.1 Å². The van der Waals surface area contributed by atoms with Gasteiger partial charge in [0.25, 0.3) is 0 Å². The van der Waals surface area contributed by atoms with E-state index in [0.717, 1.165) is 24.5 Å². The van der Waals surface area contributed by atoms with Crippen molar-refractivity contribution in [3.05, 3.63) is 0 Å². The van der Waals surface area contributed by atoms with Crippen LogP contribution in [0.25, 0.3) is 0 Å². The first-order chi connectivity index (χ1) is 6.25. The van der Waals surface area contributed by atoms with Crippen LogP contribution >= 0.6 is 0 Å². The molecule has 0 spiro atoms. The van der Waals surface area contributed by atoms with Crippen LogP contribution in [0, 0.1) is 0 Å². The minimum absolute atomic E-state index is 0.0460. The van der Waals surface area contributed by atoms with Crippen LogP contribution < -0.4 is 4.90 Å². The van der Waals surface area contributed by atoms with Crippen LogP contribution in [0.4, 0.5) is 8.63 Å². The van der Waals surface area contributed by atoms with Gasteiger partial charge in [-0.25, -0.2) is 0 Å². The van der Waals surface area contributed by atoms with E-state index in [9.17, 15) is 8.63 Å². The highest BCUT2D eigenvalue weighted by Gasteiger charge is 2.35. The third-order valence-corrected chi connectivity index (χ3v) is 3.22. The fourth-order valence-electron chi connectivity index (χ4n) is 2.56. The van der Waals surface area contributed by atoms with Crippen molar-refractivity contribution in [1.29, 1.82) is 0 Å². The third-order valence-electron chi connectivity index (χ3n) is 3.22. The summed E-state index contributed by atoms with van der Waals surface area (Å²) in [6.45, 7) is 4.05. The number of hydrogen-bond acceptors (Lipinski definition) is 1. The van der Waals surface area contributed by atoms with Crippen molar-refractivity contribution < 1.29 is 13.5 Å². The molecule has 0 radical (unpaired) electrons. The Kier molecular flexibility index (Phi) is 2.84. The number of halogens is 2. The number of fused-ring (bicyclic) bond motifs is 1. The smallest absolute Gasteiger partial charge is 0.334 e. The Morgan fingerprint density at radius 3 is 3.00 bits per heavy atom. The van der Waals surface area contributed by atoms with Crippen molar-refractivity contribution in [2.75, 3.05) is 32.6 Å². The van der Waals surface area contributed by atoms with E-state index in [2.05, 4.69) is 4.90 Å². The maximum Gasteiger partial charge on any atom is 0.592 e. The molecule has 5 heteroatoms. The Labute approximate surface area is 78.1 Å². The van der Waals surface area contributed by atoms with Gasteiger partial charge in [-0.3, -0.25) is 13.5 Å². The monoisotopic (exact) mass is 189 g/mol. The lowest BCUT2D eigenvalue weighted by Gasteiger charge is -2.34. The summed E-state index contributed by atoms with van der Waals surface area (Å²) < 4.78 is 24.3. The molecule has 2 rings (SSSR count). The fourth-order valence-corrected chi connectivity index (χ4v) is 2.56. The van der Waals surface area contributed by atoms with Crippen LogP contribution in [0.15, 0.2) is 0 Å². The van der Waals surface area contributed by atoms with Gasteiger partial charge in [-0.15, -0.1) is 0 Å². The van der Waals surface area contributed by atoms with Crippen molar-refractivity contribution in [2.24, 2.45) is 0 Å². The minimum atomic E-state index is -2.14. The predicted molar refractivity (Wildman–Crippen MR) is 48.1 cm³/mol. The lowest BCUT2D eigenvalue weighted by Crippen LogP contribution is -3.16. The molecule has 2 fully saturated rings. The zero-order valence-corrected chi connectivity index (χ0v) is 7.81. The predicted octanol–water partition coefficient (Wildman–Crippen LogP) is -0.684. The summed E-state index contributed by atoms with van der Waals surface area (Å²) >= 11 is 0. The zero-order valence-electron chi connectivity index (χ0n) is 7.81. The summed E-state index contributed by atoms with van der Waals surface area (Å²) in [7, 11) is -2.14. The Hall–Kier alpha value is -0.155. The Morgan fingerprint density at radius 1 is 1.38 bits per heavy atom. The van der Waals surface area contributed by atoms with Gasteiger partial charge in [0.1, 0.15) is 6.44 Å². The molecule has 0 saturated carbocycles. The van der Waals surface area contributed by atoms with Crippen molar-refractivity contribution in [3.8, 4) is 0 Å². The molecule has 0 amide bonds. The summed E-state index contributed by atoms with van der Waals surface area (Å²) in [5.74, 6) is 0. The third kappa shape index (κ3) is 2.20. The molecule has 0 aromatic heterocycles. The Balaban J connectivity index is 1.83. The van der Waals surface area contributed by atoms with Gasteiger partial charge in [-0.1, -0.05) is 0 Å².